The number of methoxy groups -OCH3 is 3. The Morgan fingerprint density at radius 3 is 2.14 bits per heavy atom. The molecule has 4 rings (SSSR count). The van der Waals surface area contributed by atoms with Crippen LogP contribution < -0.4 is 14.2 Å². The number of rotatable bonds is 8. The van der Waals surface area contributed by atoms with Crippen LogP contribution in [0.4, 0.5) is 4.39 Å². The second-order valence-corrected chi connectivity index (χ2v) is 7.47. The minimum Gasteiger partial charge on any atom is -0.493 e. The smallest absolute Gasteiger partial charge is 0.339 e. The number of esters is 1. The van der Waals surface area contributed by atoms with Crippen molar-refractivity contribution in [2.45, 2.75) is 0 Å². The molecule has 0 radical (unpaired) electrons. The van der Waals surface area contributed by atoms with Crippen molar-refractivity contribution >= 4 is 22.7 Å². The van der Waals surface area contributed by atoms with Gasteiger partial charge in [-0.25, -0.2) is 14.2 Å². The van der Waals surface area contributed by atoms with E-state index in [1.807, 2.05) is 0 Å². The van der Waals surface area contributed by atoms with Crippen LogP contribution in [0.25, 0.3) is 22.2 Å². The van der Waals surface area contributed by atoms with E-state index in [1.165, 1.54) is 45.6 Å². The zero-order chi connectivity index (χ0) is 24.9. The molecule has 7 nitrogen and oxygen atoms in total. The number of ether oxygens (including phenoxy) is 4. The molecule has 0 spiro atoms. The number of hydrogen-bond acceptors (Lipinski definition) is 7. The molecule has 0 saturated carbocycles. The lowest BCUT2D eigenvalue weighted by molar-refractivity contribution is 0.0475. The van der Waals surface area contributed by atoms with Crippen LogP contribution in [-0.4, -0.2) is 44.7 Å². The van der Waals surface area contributed by atoms with E-state index in [4.69, 9.17) is 18.9 Å². The SMILES string of the molecule is COc1cc(-c2cc(C(=O)OCC(=O)c3ccccc3F)c3ccccc3n2)cc(OC)c1OC. The van der Waals surface area contributed by atoms with E-state index in [9.17, 15) is 14.0 Å². The Labute approximate surface area is 201 Å². The van der Waals surface area contributed by atoms with Crippen LogP contribution in [0.15, 0.2) is 66.7 Å². The first-order valence-electron chi connectivity index (χ1n) is 10.6. The van der Waals surface area contributed by atoms with Gasteiger partial charge in [0.2, 0.25) is 11.5 Å². The van der Waals surface area contributed by atoms with Gasteiger partial charge in [0, 0.05) is 10.9 Å². The number of carbonyl (C=O) groups is 2. The number of nitrogens with zero attached hydrogens (tertiary/aromatic N) is 1. The second-order valence-electron chi connectivity index (χ2n) is 7.47. The maximum atomic E-state index is 13.9. The molecule has 3 aromatic carbocycles. The number of carbonyl (C=O) groups excluding carboxylic acids is 2. The molecule has 0 saturated heterocycles. The molecule has 0 atom stereocenters. The molecular weight excluding hydrogens is 453 g/mol. The minimum atomic E-state index is -0.734. The third kappa shape index (κ3) is 4.77. The van der Waals surface area contributed by atoms with Crippen molar-refractivity contribution < 1.29 is 32.9 Å². The van der Waals surface area contributed by atoms with E-state index < -0.39 is 24.2 Å². The Hall–Kier alpha value is -4.46. The molecule has 35 heavy (non-hydrogen) atoms. The molecule has 1 aromatic heterocycles. The highest BCUT2D eigenvalue weighted by Gasteiger charge is 2.20. The normalized spacial score (nSPS) is 10.6. The Morgan fingerprint density at radius 2 is 1.49 bits per heavy atom. The first-order chi connectivity index (χ1) is 17.0. The van der Waals surface area contributed by atoms with Crippen LogP contribution in [0, 0.1) is 5.82 Å². The van der Waals surface area contributed by atoms with Crippen molar-refractivity contribution in [3.05, 3.63) is 83.7 Å². The summed E-state index contributed by atoms with van der Waals surface area (Å²) >= 11 is 0. The molecule has 4 aromatic rings. The molecule has 178 valence electrons. The number of pyridine rings is 1. The number of aromatic nitrogens is 1. The highest BCUT2D eigenvalue weighted by atomic mass is 19.1. The lowest BCUT2D eigenvalue weighted by atomic mass is 10.0. The Kier molecular flexibility index (Phi) is 6.91. The van der Waals surface area contributed by atoms with E-state index in [0.717, 1.165) is 0 Å². The fourth-order valence-corrected chi connectivity index (χ4v) is 3.70. The molecule has 1 heterocycles. The highest BCUT2D eigenvalue weighted by Crippen LogP contribution is 2.41. The average molecular weight is 475 g/mol. The number of ketones is 1. The van der Waals surface area contributed by atoms with Gasteiger partial charge in [-0.05, 0) is 36.4 Å². The Balaban J connectivity index is 1.72. The summed E-state index contributed by atoms with van der Waals surface area (Å²) < 4.78 is 35.4. The zero-order valence-electron chi connectivity index (χ0n) is 19.3. The molecular formula is C27H22FNO6. The van der Waals surface area contributed by atoms with E-state index in [1.54, 1.807) is 42.5 Å². The number of fused-ring (bicyclic) bond motifs is 1. The number of halogens is 1. The fourth-order valence-electron chi connectivity index (χ4n) is 3.70. The van der Waals surface area contributed by atoms with Crippen molar-refractivity contribution in [3.63, 3.8) is 0 Å². The monoisotopic (exact) mass is 475 g/mol. The van der Waals surface area contributed by atoms with Crippen molar-refractivity contribution in [2.75, 3.05) is 27.9 Å². The molecule has 0 unspecified atom stereocenters. The maximum absolute atomic E-state index is 13.9. The van der Waals surface area contributed by atoms with Crippen LogP contribution in [-0.2, 0) is 4.74 Å². The summed E-state index contributed by atoms with van der Waals surface area (Å²) in [6, 6.07) is 17.6. The van der Waals surface area contributed by atoms with Crippen LogP contribution in [0.2, 0.25) is 0 Å². The van der Waals surface area contributed by atoms with Gasteiger partial charge in [0.05, 0.1) is 43.7 Å². The predicted molar refractivity (Wildman–Crippen MR) is 128 cm³/mol. The summed E-state index contributed by atoms with van der Waals surface area (Å²) in [5, 5.41) is 0.548. The van der Waals surface area contributed by atoms with Crippen molar-refractivity contribution in [3.8, 4) is 28.5 Å². The number of hydrogen-bond donors (Lipinski definition) is 0. The summed E-state index contributed by atoms with van der Waals surface area (Å²) in [5.41, 5.74) is 1.68. The minimum absolute atomic E-state index is 0.141. The molecule has 0 N–H and O–H groups in total. The van der Waals surface area contributed by atoms with Gasteiger partial charge in [-0.3, -0.25) is 4.79 Å². The largest absolute Gasteiger partial charge is 0.493 e. The van der Waals surface area contributed by atoms with Gasteiger partial charge in [0.1, 0.15) is 5.82 Å². The van der Waals surface area contributed by atoms with Gasteiger partial charge < -0.3 is 18.9 Å². The third-order valence-electron chi connectivity index (χ3n) is 5.41. The fraction of sp³-hybridized carbons (Fsp3) is 0.148. The summed E-state index contributed by atoms with van der Waals surface area (Å²) in [6.45, 7) is -0.601. The first kappa shape index (κ1) is 23.7. The molecule has 0 fully saturated rings. The van der Waals surface area contributed by atoms with Crippen LogP contribution in [0.3, 0.4) is 0 Å². The lowest BCUT2D eigenvalue weighted by Gasteiger charge is -2.15. The number of para-hydroxylation sites is 1. The zero-order valence-corrected chi connectivity index (χ0v) is 19.3. The van der Waals surface area contributed by atoms with Crippen LogP contribution >= 0.6 is 0 Å². The van der Waals surface area contributed by atoms with Crippen LogP contribution in [0.5, 0.6) is 17.2 Å². The van der Waals surface area contributed by atoms with Crippen molar-refractivity contribution in [2.24, 2.45) is 0 Å². The molecule has 0 amide bonds. The molecule has 0 aliphatic heterocycles. The van der Waals surface area contributed by atoms with Crippen LogP contribution in [0.1, 0.15) is 20.7 Å². The summed E-state index contributed by atoms with van der Waals surface area (Å²) in [4.78, 5) is 30.1. The Bertz CT molecular complexity index is 1390. The predicted octanol–water partition coefficient (Wildman–Crippen LogP) is 5.11. The molecule has 0 aliphatic carbocycles. The number of benzene rings is 3. The quantitative estimate of drug-likeness (QED) is 0.259. The third-order valence-corrected chi connectivity index (χ3v) is 5.41. The summed E-state index contributed by atoms with van der Waals surface area (Å²) in [5.74, 6) is -0.770. The second kappa shape index (κ2) is 10.2. The lowest BCUT2D eigenvalue weighted by Crippen LogP contribution is -2.16. The maximum Gasteiger partial charge on any atom is 0.339 e. The topological polar surface area (TPSA) is 84.0 Å². The van der Waals surface area contributed by atoms with Gasteiger partial charge in [0.15, 0.2) is 18.1 Å². The van der Waals surface area contributed by atoms with Crippen molar-refractivity contribution in [1.82, 2.24) is 4.98 Å². The molecule has 0 aliphatic rings. The van der Waals surface area contributed by atoms with E-state index in [-0.39, 0.29) is 11.1 Å². The summed E-state index contributed by atoms with van der Waals surface area (Å²) in [6.07, 6.45) is 0. The van der Waals surface area contributed by atoms with Gasteiger partial charge in [0.25, 0.3) is 0 Å². The average Bonchev–Trinajstić information content (AvgIpc) is 2.90. The highest BCUT2D eigenvalue weighted by molar-refractivity contribution is 6.06. The van der Waals surface area contributed by atoms with E-state index >= 15 is 0 Å². The van der Waals surface area contributed by atoms with E-state index in [2.05, 4.69) is 4.98 Å². The summed E-state index contributed by atoms with van der Waals surface area (Å²) in [7, 11) is 4.51. The Morgan fingerprint density at radius 1 is 0.829 bits per heavy atom. The molecule has 8 heteroatoms. The first-order valence-corrected chi connectivity index (χ1v) is 10.6. The van der Waals surface area contributed by atoms with Crippen molar-refractivity contribution in [1.29, 1.82) is 0 Å². The van der Waals surface area contributed by atoms with Gasteiger partial charge >= 0.3 is 5.97 Å². The van der Waals surface area contributed by atoms with Gasteiger partial charge in [-0.1, -0.05) is 30.3 Å². The number of Topliss-reactive ketones (excluding diaryl/α,β-unsaturated/α-hetero) is 1. The standard InChI is InChI=1S/C27H22FNO6/c1-32-24-12-16(13-25(33-2)26(24)34-3)22-14-19(17-8-5-7-11-21(17)29-22)27(31)35-15-23(30)18-9-4-6-10-20(18)28/h4-14H,15H2,1-3H3. The van der Waals surface area contributed by atoms with Gasteiger partial charge in [-0.2, -0.15) is 0 Å². The van der Waals surface area contributed by atoms with Gasteiger partial charge in [-0.15, -0.1) is 0 Å². The molecule has 0 bridgehead atoms. The van der Waals surface area contributed by atoms with E-state index in [0.29, 0.717) is 39.4 Å².